The van der Waals surface area contributed by atoms with E-state index in [-0.39, 0.29) is 0 Å². The Kier molecular flexibility index (Phi) is 3.49. The van der Waals surface area contributed by atoms with Crippen LogP contribution < -0.4 is 0 Å². The Morgan fingerprint density at radius 1 is 1.41 bits per heavy atom. The van der Waals surface area contributed by atoms with Crippen molar-refractivity contribution in [2.75, 3.05) is 0 Å². The molecule has 0 bridgehead atoms. The van der Waals surface area contributed by atoms with Crippen LogP contribution in [0.15, 0.2) is 34.4 Å². The molecule has 0 aliphatic heterocycles. The summed E-state index contributed by atoms with van der Waals surface area (Å²) in [6.45, 7) is 3.71. The van der Waals surface area contributed by atoms with Gasteiger partial charge < -0.3 is 5.11 Å². The third-order valence-electron chi connectivity index (χ3n) is 2.41. The summed E-state index contributed by atoms with van der Waals surface area (Å²) in [4.78, 5) is 4.28. The molecule has 1 atom stereocenters. The van der Waals surface area contributed by atoms with Crippen molar-refractivity contribution >= 4 is 11.8 Å². The van der Waals surface area contributed by atoms with Crippen LogP contribution in [-0.2, 0) is 7.05 Å². The lowest BCUT2D eigenvalue weighted by Crippen LogP contribution is -1.94. The highest BCUT2D eigenvalue weighted by Gasteiger charge is 2.07. The van der Waals surface area contributed by atoms with Crippen LogP contribution >= 0.6 is 11.8 Å². The van der Waals surface area contributed by atoms with Crippen molar-refractivity contribution in [3.05, 3.63) is 35.7 Å². The lowest BCUT2D eigenvalue weighted by molar-refractivity contribution is 0.199. The van der Waals surface area contributed by atoms with E-state index in [9.17, 15) is 5.11 Å². The number of aromatic nitrogens is 3. The first-order valence-corrected chi connectivity index (χ1v) is 6.20. The quantitative estimate of drug-likeness (QED) is 0.907. The monoisotopic (exact) mass is 249 g/mol. The van der Waals surface area contributed by atoms with Crippen molar-refractivity contribution in [3.63, 3.8) is 0 Å². The van der Waals surface area contributed by atoms with E-state index in [1.165, 1.54) is 0 Å². The van der Waals surface area contributed by atoms with E-state index in [0.717, 1.165) is 21.3 Å². The van der Waals surface area contributed by atoms with Gasteiger partial charge >= 0.3 is 0 Å². The first-order valence-electron chi connectivity index (χ1n) is 5.39. The maximum Gasteiger partial charge on any atom is 0.103 e. The predicted molar refractivity (Wildman–Crippen MR) is 66.9 cm³/mol. The second-order valence-electron chi connectivity index (χ2n) is 3.95. The molecule has 0 amide bonds. The predicted octanol–water partition coefficient (Wildman–Crippen LogP) is 2.33. The molecule has 5 heteroatoms. The topological polar surface area (TPSA) is 50.9 Å². The number of hydrogen-bond acceptors (Lipinski definition) is 4. The van der Waals surface area contributed by atoms with Crippen molar-refractivity contribution in [2.45, 2.75) is 30.0 Å². The largest absolute Gasteiger partial charge is 0.389 e. The lowest BCUT2D eigenvalue weighted by Gasteiger charge is -2.06. The van der Waals surface area contributed by atoms with Gasteiger partial charge in [0, 0.05) is 13.2 Å². The average molecular weight is 249 g/mol. The van der Waals surface area contributed by atoms with Crippen molar-refractivity contribution < 1.29 is 5.11 Å². The zero-order valence-corrected chi connectivity index (χ0v) is 10.9. The molecule has 0 aliphatic rings. The van der Waals surface area contributed by atoms with Gasteiger partial charge in [-0.05, 0) is 37.6 Å². The Balaban J connectivity index is 2.24. The first kappa shape index (κ1) is 12.1. The van der Waals surface area contributed by atoms with E-state index in [4.69, 9.17) is 0 Å². The van der Waals surface area contributed by atoms with Gasteiger partial charge in [-0.25, -0.2) is 4.98 Å². The van der Waals surface area contributed by atoms with Gasteiger partial charge in [-0.1, -0.05) is 11.8 Å². The average Bonchev–Trinajstić information content (AvgIpc) is 2.58. The molecule has 0 fully saturated rings. The smallest absolute Gasteiger partial charge is 0.103 e. The van der Waals surface area contributed by atoms with Gasteiger partial charge in [0.15, 0.2) is 0 Å². The van der Waals surface area contributed by atoms with Gasteiger partial charge in [0.1, 0.15) is 10.1 Å². The van der Waals surface area contributed by atoms with E-state index in [0.29, 0.717) is 0 Å². The molecule has 2 heterocycles. The normalized spacial score (nSPS) is 12.7. The molecule has 17 heavy (non-hydrogen) atoms. The number of aliphatic hydroxyl groups excluding tert-OH is 1. The number of aliphatic hydroxyl groups is 1. The standard InChI is InChI=1S/C12H15N3OS/c1-8-6-12(15(3)14-8)17-11-7-10(9(2)16)4-5-13-11/h4-7,9,16H,1-3H3. The van der Waals surface area contributed by atoms with Gasteiger partial charge in [-0.2, -0.15) is 5.10 Å². The van der Waals surface area contributed by atoms with Crippen LogP contribution in [0.4, 0.5) is 0 Å². The first-order chi connectivity index (χ1) is 8.06. The van der Waals surface area contributed by atoms with Crippen LogP contribution in [0.25, 0.3) is 0 Å². The van der Waals surface area contributed by atoms with Crippen LogP contribution in [0, 0.1) is 6.92 Å². The van der Waals surface area contributed by atoms with E-state index in [2.05, 4.69) is 10.1 Å². The number of nitrogens with zero attached hydrogens (tertiary/aromatic N) is 3. The summed E-state index contributed by atoms with van der Waals surface area (Å²) in [7, 11) is 1.91. The number of pyridine rings is 1. The maximum absolute atomic E-state index is 9.52. The van der Waals surface area contributed by atoms with Gasteiger partial charge in [0.25, 0.3) is 0 Å². The Morgan fingerprint density at radius 2 is 2.18 bits per heavy atom. The second-order valence-corrected chi connectivity index (χ2v) is 4.99. The van der Waals surface area contributed by atoms with Gasteiger partial charge in [-0.3, -0.25) is 4.68 Å². The minimum absolute atomic E-state index is 0.467. The molecule has 1 N–H and O–H groups in total. The molecule has 2 aromatic rings. The minimum atomic E-state index is -0.467. The molecular weight excluding hydrogens is 234 g/mol. The Labute approximate surface area is 105 Å². The molecule has 0 saturated heterocycles. The molecular formula is C12H15N3OS. The Morgan fingerprint density at radius 3 is 2.76 bits per heavy atom. The van der Waals surface area contributed by atoms with Crippen molar-refractivity contribution in [2.24, 2.45) is 7.05 Å². The fourth-order valence-electron chi connectivity index (χ4n) is 1.53. The molecule has 0 saturated carbocycles. The highest BCUT2D eigenvalue weighted by Crippen LogP contribution is 2.27. The van der Waals surface area contributed by atoms with Crippen molar-refractivity contribution in [1.82, 2.24) is 14.8 Å². The zero-order chi connectivity index (χ0) is 12.4. The van der Waals surface area contributed by atoms with E-state index >= 15 is 0 Å². The molecule has 2 rings (SSSR count). The zero-order valence-electron chi connectivity index (χ0n) is 10.1. The number of rotatable bonds is 3. The second kappa shape index (κ2) is 4.89. The number of aryl methyl sites for hydroxylation is 2. The maximum atomic E-state index is 9.52. The van der Waals surface area contributed by atoms with Gasteiger partial charge in [0.05, 0.1) is 11.8 Å². The molecule has 4 nitrogen and oxygen atoms in total. The third-order valence-corrected chi connectivity index (χ3v) is 3.43. The molecule has 0 aliphatic carbocycles. The van der Waals surface area contributed by atoms with E-state index in [1.807, 2.05) is 36.9 Å². The van der Waals surface area contributed by atoms with Crippen LogP contribution in [0.5, 0.6) is 0 Å². The molecule has 0 spiro atoms. The highest BCUT2D eigenvalue weighted by molar-refractivity contribution is 7.99. The summed E-state index contributed by atoms with van der Waals surface area (Å²) in [6.07, 6.45) is 1.25. The molecule has 90 valence electrons. The van der Waals surface area contributed by atoms with Gasteiger partial charge in [0.2, 0.25) is 0 Å². The van der Waals surface area contributed by atoms with Crippen LogP contribution in [0.3, 0.4) is 0 Å². The van der Waals surface area contributed by atoms with Crippen molar-refractivity contribution in [1.29, 1.82) is 0 Å². The molecule has 0 radical (unpaired) electrons. The van der Waals surface area contributed by atoms with Crippen LogP contribution in [0.1, 0.15) is 24.3 Å². The fourth-order valence-corrected chi connectivity index (χ4v) is 2.46. The lowest BCUT2D eigenvalue weighted by atomic mass is 10.2. The molecule has 1 unspecified atom stereocenters. The molecule has 0 aromatic carbocycles. The van der Waals surface area contributed by atoms with Gasteiger partial charge in [-0.15, -0.1) is 0 Å². The van der Waals surface area contributed by atoms with Crippen LogP contribution in [0.2, 0.25) is 0 Å². The van der Waals surface area contributed by atoms with Crippen molar-refractivity contribution in [3.8, 4) is 0 Å². The Bertz CT molecular complexity index is 522. The summed E-state index contributed by atoms with van der Waals surface area (Å²) in [6, 6.07) is 5.74. The molecule has 2 aromatic heterocycles. The highest BCUT2D eigenvalue weighted by atomic mass is 32.2. The van der Waals surface area contributed by atoms with E-state index in [1.54, 1.807) is 24.9 Å². The summed E-state index contributed by atoms with van der Waals surface area (Å²) < 4.78 is 1.83. The van der Waals surface area contributed by atoms with E-state index < -0.39 is 6.10 Å². The SMILES string of the molecule is Cc1cc(Sc2cc(C(C)O)ccn2)n(C)n1. The van der Waals surface area contributed by atoms with Crippen LogP contribution in [-0.4, -0.2) is 19.9 Å². The number of hydrogen-bond donors (Lipinski definition) is 1. The third kappa shape index (κ3) is 2.87. The minimum Gasteiger partial charge on any atom is -0.389 e. The summed E-state index contributed by atoms with van der Waals surface area (Å²) in [5.74, 6) is 0. The Hall–Kier alpha value is -1.33. The summed E-state index contributed by atoms with van der Waals surface area (Å²) in [5, 5.41) is 15.7. The fraction of sp³-hybridized carbons (Fsp3) is 0.333. The summed E-state index contributed by atoms with van der Waals surface area (Å²) in [5.41, 5.74) is 1.86. The summed E-state index contributed by atoms with van der Waals surface area (Å²) >= 11 is 1.54.